The Morgan fingerprint density at radius 1 is 1.11 bits per heavy atom. The van der Waals surface area contributed by atoms with E-state index in [2.05, 4.69) is 18.7 Å². The lowest BCUT2D eigenvalue weighted by molar-refractivity contribution is 0.0910. The van der Waals surface area contributed by atoms with Crippen LogP contribution in [0.2, 0.25) is 0 Å². The molecule has 0 unspecified atom stereocenters. The van der Waals surface area contributed by atoms with E-state index in [-0.39, 0.29) is 11.2 Å². The van der Waals surface area contributed by atoms with Crippen LogP contribution in [-0.2, 0) is 6.42 Å². The van der Waals surface area contributed by atoms with E-state index in [1.807, 2.05) is 12.1 Å². The first-order chi connectivity index (χ1) is 9.05. The largest absolute Gasteiger partial charge is 0.357 e. The van der Waals surface area contributed by atoms with Gasteiger partial charge in [0, 0.05) is 25.1 Å². The number of ketones is 1. The second-order valence-corrected chi connectivity index (χ2v) is 6.65. The summed E-state index contributed by atoms with van der Waals surface area (Å²) < 4.78 is 0. The summed E-state index contributed by atoms with van der Waals surface area (Å²) in [5.74, 6) is 1.31. The van der Waals surface area contributed by atoms with Gasteiger partial charge in [0.1, 0.15) is 5.82 Å². The quantitative estimate of drug-likeness (QED) is 0.775. The fourth-order valence-corrected chi connectivity index (χ4v) is 3.22. The summed E-state index contributed by atoms with van der Waals surface area (Å²) in [5.41, 5.74) is 1.90. The van der Waals surface area contributed by atoms with Gasteiger partial charge >= 0.3 is 0 Å². The lowest BCUT2D eigenvalue weighted by Crippen LogP contribution is -2.32. The number of carbonyl (C=O) groups is 1. The molecule has 2 heterocycles. The smallest absolute Gasteiger partial charge is 0.165 e. The molecule has 3 rings (SSSR count). The van der Waals surface area contributed by atoms with E-state index < -0.39 is 0 Å². The number of piperidine rings is 1. The van der Waals surface area contributed by atoms with Crippen LogP contribution in [0.15, 0.2) is 12.1 Å². The number of Topliss-reactive ketones (excluding diaryl/α,β-unsaturated/α-hetero) is 1. The van der Waals surface area contributed by atoms with Crippen LogP contribution >= 0.6 is 0 Å². The lowest BCUT2D eigenvalue weighted by atomic mass is 9.76. The molecule has 2 aliphatic rings. The highest BCUT2D eigenvalue weighted by molar-refractivity contribution is 5.98. The molecule has 1 aliphatic heterocycles. The molecule has 1 aromatic heterocycles. The van der Waals surface area contributed by atoms with Crippen LogP contribution in [0.4, 0.5) is 5.82 Å². The third-order valence-electron chi connectivity index (χ3n) is 4.23. The summed E-state index contributed by atoms with van der Waals surface area (Å²) in [6, 6.07) is 4.02. The zero-order chi connectivity index (χ0) is 13.5. The molecule has 0 radical (unpaired) electrons. The van der Waals surface area contributed by atoms with Crippen molar-refractivity contribution in [1.82, 2.24) is 4.98 Å². The van der Waals surface area contributed by atoms with E-state index in [1.54, 1.807) is 0 Å². The molecule has 3 nitrogen and oxygen atoms in total. The van der Waals surface area contributed by atoms with Gasteiger partial charge in [-0.2, -0.15) is 0 Å². The predicted octanol–water partition coefficient (Wildman–Crippen LogP) is 3.23. The van der Waals surface area contributed by atoms with Gasteiger partial charge in [-0.25, -0.2) is 4.98 Å². The van der Waals surface area contributed by atoms with Gasteiger partial charge in [0.15, 0.2) is 5.78 Å². The Balaban J connectivity index is 1.92. The molecule has 1 saturated heterocycles. The average molecular weight is 258 g/mol. The van der Waals surface area contributed by atoms with Crippen LogP contribution in [0, 0.1) is 5.41 Å². The van der Waals surface area contributed by atoms with Crippen molar-refractivity contribution in [1.29, 1.82) is 0 Å². The molecule has 1 aromatic rings. The van der Waals surface area contributed by atoms with Crippen molar-refractivity contribution in [2.75, 3.05) is 18.0 Å². The number of aromatic nitrogens is 1. The van der Waals surface area contributed by atoms with Crippen molar-refractivity contribution < 1.29 is 4.79 Å². The zero-order valence-corrected chi connectivity index (χ0v) is 11.9. The maximum Gasteiger partial charge on any atom is 0.165 e. The number of nitrogens with zero attached hydrogens (tertiary/aromatic N) is 2. The Labute approximate surface area is 115 Å². The fourth-order valence-electron chi connectivity index (χ4n) is 3.22. The first kappa shape index (κ1) is 12.6. The highest BCUT2D eigenvalue weighted by Gasteiger charge is 2.32. The second-order valence-electron chi connectivity index (χ2n) is 6.65. The number of fused-ring (bicyclic) bond motifs is 1. The highest BCUT2D eigenvalue weighted by Crippen LogP contribution is 2.34. The Kier molecular flexibility index (Phi) is 3.08. The van der Waals surface area contributed by atoms with Crippen molar-refractivity contribution >= 4 is 11.6 Å². The minimum atomic E-state index is 0.0532. The molecule has 0 spiro atoms. The van der Waals surface area contributed by atoms with Crippen molar-refractivity contribution in [3.8, 4) is 0 Å². The standard InChI is InChI=1S/C16H22N2O/c1-16(2)10-13-12(14(19)11-16)6-7-15(17-13)18-8-4-3-5-9-18/h6-7H,3-5,8-11H2,1-2H3. The molecule has 19 heavy (non-hydrogen) atoms. The summed E-state index contributed by atoms with van der Waals surface area (Å²) in [6.07, 6.45) is 5.39. The van der Waals surface area contributed by atoms with E-state index in [4.69, 9.17) is 4.98 Å². The number of rotatable bonds is 1. The number of pyridine rings is 1. The Morgan fingerprint density at radius 2 is 1.84 bits per heavy atom. The van der Waals surface area contributed by atoms with Gasteiger partial charge in [-0.05, 0) is 43.2 Å². The Morgan fingerprint density at radius 3 is 2.58 bits per heavy atom. The van der Waals surface area contributed by atoms with E-state index in [9.17, 15) is 4.79 Å². The number of hydrogen-bond donors (Lipinski definition) is 0. The predicted molar refractivity (Wildman–Crippen MR) is 76.7 cm³/mol. The number of hydrogen-bond acceptors (Lipinski definition) is 3. The minimum Gasteiger partial charge on any atom is -0.357 e. The first-order valence-electron chi connectivity index (χ1n) is 7.33. The van der Waals surface area contributed by atoms with Crippen LogP contribution in [0.5, 0.6) is 0 Å². The molecule has 0 bridgehead atoms. The minimum absolute atomic E-state index is 0.0532. The Hall–Kier alpha value is -1.38. The summed E-state index contributed by atoms with van der Waals surface area (Å²) >= 11 is 0. The SMILES string of the molecule is CC1(C)CC(=O)c2ccc(N3CCCCC3)nc2C1. The summed E-state index contributed by atoms with van der Waals surface area (Å²) in [4.78, 5) is 19.3. The van der Waals surface area contributed by atoms with Gasteiger partial charge in [-0.1, -0.05) is 13.8 Å². The van der Waals surface area contributed by atoms with Crippen LogP contribution in [0.25, 0.3) is 0 Å². The van der Waals surface area contributed by atoms with E-state index in [0.717, 1.165) is 36.6 Å². The van der Waals surface area contributed by atoms with Gasteiger partial charge in [-0.15, -0.1) is 0 Å². The fraction of sp³-hybridized carbons (Fsp3) is 0.625. The van der Waals surface area contributed by atoms with Crippen LogP contribution in [0.1, 0.15) is 55.6 Å². The van der Waals surface area contributed by atoms with E-state index in [0.29, 0.717) is 6.42 Å². The molecule has 0 aromatic carbocycles. The molecular weight excluding hydrogens is 236 g/mol. The summed E-state index contributed by atoms with van der Waals surface area (Å²) in [5, 5.41) is 0. The third kappa shape index (κ3) is 2.51. The maximum absolute atomic E-state index is 12.1. The molecule has 0 saturated carbocycles. The van der Waals surface area contributed by atoms with Gasteiger partial charge in [0.25, 0.3) is 0 Å². The van der Waals surface area contributed by atoms with Gasteiger partial charge < -0.3 is 4.90 Å². The molecule has 0 amide bonds. The van der Waals surface area contributed by atoms with Crippen LogP contribution in [-0.4, -0.2) is 23.9 Å². The molecule has 1 fully saturated rings. The van der Waals surface area contributed by atoms with Crippen LogP contribution < -0.4 is 4.90 Å². The normalized spacial score (nSPS) is 22.2. The summed E-state index contributed by atoms with van der Waals surface area (Å²) in [6.45, 7) is 6.51. The van der Waals surface area contributed by atoms with Crippen LogP contribution in [0.3, 0.4) is 0 Å². The van der Waals surface area contributed by atoms with Gasteiger partial charge in [0.05, 0.1) is 5.69 Å². The van der Waals surface area contributed by atoms with E-state index in [1.165, 1.54) is 19.3 Å². The summed E-state index contributed by atoms with van der Waals surface area (Å²) in [7, 11) is 0. The lowest BCUT2D eigenvalue weighted by Gasteiger charge is -2.32. The topological polar surface area (TPSA) is 33.2 Å². The van der Waals surface area contributed by atoms with E-state index >= 15 is 0 Å². The van der Waals surface area contributed by atoms with Crippen molar-refractivity contribution in [2.45, 2.75) is 46.0 Å². The maximum atomic E-state index is 12.1. The first-order valence-corrected chi connectivity index (χ1v) is 7.33. The molecule has 1 aliphatic carbocycles. The molecule has 0 atom stereocenters. The zero-order valence-electron chi connectivity index (χ0n) is 11.9. The Bertz CT molecular complexity index is 501. The third-order valence-corrected chi connectivity index (χ3v) is 4.23. The number of anilines is 1. The van der Waals surface area contributed by atoms with Crippen molar-refractivity contribution in [3.63, 3.8) is 0 Å². The molecule has 102 valence electrons. The second kappa shape index (κ2) is 4.62. The number of carbonyl (C=O) groups excluding carboxylic acids is 1. The van der Waals surface area contributed by atoms with Gasteiger partial charge in [0.2, 0.25) is 0 Å². The van der Waals surface area contributed by atoms with Crippen molar-refractivity contribution in [2.24, 2.45) is 5.41 Å². The average Bonchev–Trinajstić information content (AvgIpc) is 2.37. The van der Waals surface area contributed by atoms with Crippen molar-refractivity contribution in [3.05, 3.63) is 23.4 Å². The molecule has 3 heteroatoms. The highest BCUT2D eigenvalue weighted by atomic mass is 16.1. The monoisotopic (exact) mass is 258 g/mol. The molecular formula is C16H22N2O. The van der Waals surface area contributed by atoms with Gasteiger partial charge in [-0.3, -0.25) is 4.79 Å². The molecule has 0 N–H and O–H groups in total.